The highest BCUT2D eigenvalue weighted by molar-refractivity contribution is 5.92. The van der Waals surface area contributed by atoms with Gasteiger partial charge in [-0.25, -0.2) is 0 Å². The smallest absolute Gasteiger partial charge is 0.276 e. The quantitative estimate of drug-likeness (QED) is 0.752. The molecule has 0 N–H and O–H groups in total. The van der Waals surface area contributed by atoms with E-state index in [1.54, 1.807) is 10.9 Å². The first-order valence-electron chi connectivity index (χ1n) is 11.2. The number of aryl methyl sites for hydroxylation is 1. The minimum Gasteiger partial charge on any atom is -0.340 e. The first kappa shape index (κ1) is 19.4. The molecule has 1 saturated carbocycles. The largest absolute Gasteiger partial charge is 0.340 e. The molecule has 0 aromatic carbocycles. The van der Waals surface area contributed by atoms with Crippen LogP contribution in [0, 0.1) is 5.92 Å². The Morgan fingerprint density at radius 1 is 0.964 bits per heavy atom. The van der Waals surface area contributed by atoms with Crippen molar-refractivity contribution in [3.8, 4) is 0 Å². The summed E-state index contributed by atoms with van der Waals surface area (Å²) in [5.74, 6) is 0.944. The second kappa shape index (κ2) is 9.05. The normalized spacial score (nSPS) is 23.5. The lowest BCUT2D eigenvalue weighted by Crippen LogP contribution is -2.44. The third kappa shape index (κ3) is 4.55. The Balaban J connectivity index is 1.31. The van der Waals surface area contributed by atoms with E-state index in [-0.39, 0.29) is 5.91 Å². The molecule has 0 spiro atoms. The van der Waals surface area contributed by atoms with E-state index >= 15 is 0 Å². The highest BCUT2D eigenvalue weighted by Crippen LogP contribution is 2.30. The Bertz CT molecular complexity index is 676. The molecule has 7 nitrogen and oxygen atoms in total. The Morgan fingerprint density at radius 2 is 1.68 bits per heavy atom. The molecule has 2 amide bonds. The molecule has 7 heteroatoms. The summed E-state index contributed by atoms with van der Waals surface area (Å²) in [5, 5.41) is 8.25. The molecule has 4 rings (SSSR count). The average molecular weight is 388 g/mol. The van der Waals surface area contributed by atoms with Crippen molar-refractivity contribution in [2.24, 2.45) is 5.92 Å². The van der Waals surface area contributed by atoms with Gasteiger partial charge in [-0.05, 0) is 57.3 Å². The number of amides is 2. The summed E-state index contributed by atoms with van der Waals surface area (Å²) in [7, 11) is 0. The standard InChI is InChI=1S/C21H33N5O2/c27-20(15-17-7-1-2-8-17)26-13-4-3-9-18(26)10-14-25-16-19(22-23-25)21(28)24-11-5-6-12-24/h16-18H,1-15H2. The van der Waals surface area contributed by atoms with Crippen LogP contribution in [0.5, 0.6) is 0 Å². The molecule has 1 aromatic heterocycles. The number of likely N-dealkylation sites (tertiary alicyclic amines) is 2. The summed E-state index contributed by atoms with van der Waals surface area (Å²) in [4.78, 5) is 29.3. The van der Waals surface area contributed by atoms with Crippen LogP contribution in [0.15, 0.2) is 6.20 Å². The van der Waals surface area contributed by atoms with Crippen LogP contribution >= 0.6 is 0 Å². The maximum absolute atomic E-state index is 12.9. The molecule has 28 heavy (non-hydrogen) atoms. The zero-order valence-corrected chi connectivity index (χ0v) is 16.9. The molecule has 1 atom stereocenters. The van der Waals surface area contributed by atoms with Crippen LogP contribution in [0.25, 0.3) is 0 Å². The third-order valence-corrected chi connectivity index (χ3v) is 6.73. The number of rotatable bonds is 6. The predicted octanol–water partition coefficient (Wildman–Crippen LogP) is 2.87. The van der Waals surface area contributed by atoms with Gasteiger partial charge in [-0.3, -0.25) is 14.3 Å². The van der Waals surface area contributed by atoms with Gasteiger partial charge in [0.15, 0.2) is 5.69 Å². The van der Waals surface area contributed by atoms with E-state index < -0.39 is 0 Å². The van der Waals surface area contributed by atoms with Crippen LogP contribution in [-0.4, -0.2) is 62.3 Å². The summed E-state index contributed by atoms with van der Waals surface area (Å²) in [6, 6.07) is 0.296. The van der Waals surface area contributed by atoms with Crippen LogP contribution in [-0.2, 0) is 11.3 Å². The molecule has 1 aromatic rings. The lowest BCUT2D eigenvalue weighted by atomic mass is 9.96. The van der Waals surface area contributed by atoms with Gasteiger partial charge in [0.1, 0.15) is 0 Å². The number of hydrogen-bond acceptors (Lipinski definition) is 4. The fourth-order valence-corrected chi connectivity index (χ4v) is 5.08. The molecular weight excluding hydrogens is 354 g/mol. The summed E-state index contributed by atoms with van der Waals surface area (Å²) >= 11 is 0. The first-order chi connectivity index (χ1) is 13.7. The zero-order valence-electron chi connectivity index (χ0n) is 16.9. The van der Waals surface area contributed by atoms with Crippen molar-refractivity contribution in [3.05, 3.63) is 11.9 Å². The average Bonchev–Trinajstić information content (AvgIpc) is 3.48. The second-order valence-electron chi connectivity index (χ2n) is 8.75. The lowest BCUT2D eigenvalue weighted by Gasteiger charge is -2.36. The van der Waals surface area contributed by atoms with E-state index in [0.29, 0.717) is 30.1 Å². The van der Waals surface area contributed by atoms with Gasteiger partial charge in [0, 0.05) is 38.6 Å². The van der Waals surface area contributed by atoms with Crippen LogP contribution in [0.1, 0.15) is 81.1 Å². The molecule has 3 fully saturated rings. The number of carbonyl (C=O) groups excluding carboxylic acids is 2. The van der Waals surface area contributed by atoms with Crippen molar-refractivity contribution in [3.63, 3.8) is 0 Å². The molecule has 2 aliphatic heterocycles. The van der Waals surface area contributed by atoms with Gasteiger partial charge >= 0.3 is 0 Å². The molecule has 0 bridgehead atoms. The Labute approximate surface area is 167 Å². The molecule has 154 valence electrons. The van der Waals surface area contributed by atoms with Crippen LogP contribution in [0.3, 0.4) is 0 Å². The number of carbonyl (C=O) groups is 2. The summed E-state index contributed by atoms with van der Waals surface area (Å²) in [6.07, 6.45) is 13.9. The molecule has 3 heterocycles. The molecule has 3 aliphatic rings. The molecule has 1 aliphatic carbocycles. The minimum atomic E-state index is -0.00483. The SMILES string of the molecule is O=C(c1cn(CCC2CCCCN2C(=O)CC2CCCC2)nn1)N1CCCC1. The van der Waals surface area contributed by atoms with Crippen molar-refractivity contribution in [1.29, 1.82) is 0 Å². The van der Waals surface area contributed by atoms with E-state index in [4.69, 9.17) is 0 Å². The molecule has 2 saturated heterocycles. The monoisotopic (exact) mass is 387 g/mol. The maximum atomic E-state index is 12.9. The van der Waals surface area contributed by atoms with E-state index in [2.05, 4.69) is 15.2 Å². The van der Waals surface area contributed by atoms with Crippen molar-refractivity contribution in [1.82, 2.24) is 24.8 Å². The second-order valence-corrected chi connectivity index (χ2v) is 8.75. The third-order valence-electron chi connectivity index (χ3n) is 6.73. The maximum Gasteiger partial charge on any atom is 0.276 e. The lowest BCUT2D eigenvalue weighted by molar-refractivity contribution is -0.136. The fourth-order valence-electron chi connectivity index (χ4n) is 5.08. The van der Waals surface area contributed by atoms with Gasteiger partial charge in [0.05, 0.1) is 6.20 Å². The topological polar surface area (TPSA) is 71.3 Å². The van der Waals surface area contributed by atoms with Crippen molar-refractivity contribution < 1.29 is 9.59 Å². The van der Waals surface area contributed by atoms with Gasteiger partial charge in [-0.15, -0.1) is 5.10 Å². The van der Waals surface area contributed by atoms with E-state index in [1.807, 2.05) is 4.90 Å². The van der Waals surface area contributed by atoms with E-state index in [1.165, 1.54) is 32.1 Å². The van der Waals surface area contributed by atoms with Gasteiger partial charge in [-0.1, -0.05) is 18.1 Å². The zero-order chi connectivity index (χ0) is 19.3. The summed E-state index contributed by atoms with van der Waals surface area (Å²) in [6.45, 7) is 3.25. The molecular formula is C21H33N5O2. The fraction of sp³-hybridized carbons (Fsp3) is 0.810. The molecule has 1 unspecified atom stereocenters. The van der Waals surface area contributed by atoms with Gasteiger partial charge in [0.25, 0.3) is 5.91 Å². The van der Waals surface area contributed by atoms with Crippen molar-refractivity contribution in [2.75, 3.05) is 19.6 Å². The van der Waals surface area contributed by atoms with E-state index in [9.17, 15) is 9.59 Å². The van der Waals surface area contributed by atoms with Gasteiger partial charge in [-0.2, -0.15) is 0 Å². The van der Waals surface area contributed by atoms with Crippen LogP contribution < -0.4 is 0 Å². The van der Waals surface area contributed by atoms with Crippen molar-refractivity contribution in [2.45, 2.75) is 83.2 Å². The number of hydrogen-bond donors (Lipinski definition) is 0. The van der Waals surface area contributed by atoms with Gasteiger partial charge < -0.3 is 9.80 Å². The summed E-state index contributed by atoms with van der Waals surface area (Å²) in [5.41, 5.74) is 0.444. The summed E-state index contributed by atoms with van der Waals surface area (Å²) < 4.78 is 1.78. The highest BCUT2D eigenvalue weighted by atomic mass is 16.2. The van der Waals surface area contributed by atoms with E-state index in [0.717, 1.165) is 58.2 Å². The predicted molar refractivity (Wildman–Crippen MR) is 106 cm³/mol. The highest BCUT2D eigenvalue weighted by Gasteiger charge is 2.29. The number of aromatic nitrogens is 3. The van der Waals surface area contributed by atoms with Crippen LogP contribution in [0.2, 0.25) is 0 Å². The van der Waals surface area contributed by atoms with Gasteiger partial charge in [0.2, 0.25) is 5.91 Å². The number of piperidine rings is 1. The Kier molecular flexibility index (Phi) is 6.27. The molecule has 0 radical (unpaired) electrons. The number of nitrogens with zero attached hydrogens (tertiary/aromatic N) is 5. The minimum absolute atomic E-state index is 0.00483. The van der Waals surface area contributed by atoms with Crippen LogP contribution in [0.4, 0.5) is 0 Å². The Hall–Kier alpha value is -1.92. The first-order valence-corrected chi connectivity index (χ1v) is 11.2. The Morgan fingerprint density at radius 3 is 2.46 bits per heavy atom. The van der Waals surface area contributed by atoms with Crippen molar-refractivity contribution >= 4 is 11.8 Å².